The Balaban J connectivity index is 1.78. The summed E-state index contributed by atoms with van der Waals surface area (Å²) in [6.07, 6.45) is 4.21. The highest BCUT2D eigenvalue weighted by Crippen LogP contribution is 2.06. The first-order chi connectivity index (χ1) is 7.88. The summed E-state index contributed by atoms with van der Waals surface area (Å²) in [5.74, 6) is 0.540. The largest absolute Gasteiger partial charge is 0.353 e. The van der Waals surface area contributed by atoms with Gasteiger partial charge in [-0.1, -0.05) is 0 Å². The number of hydrogen-bond acceptors (Lipinski definition) is 5. The molecule has 2 rings (SSSR count). The minimum absolute atomic E-state index is 0.402. The van der Waals surface area contributed by atoms with E-state index in [2.05, 4.69) is 20.2 Å². The van der Waals surface area contributed by atoms with Crippen molar-refractivity contribution in [3.05, 3.63) is 18.0 Å². The molecule has 5 heteroatoms. The summed E-state index contributed by atoms with van der Waals surface area (Å²) in [7, 11) is 0. The molecule has 2 heterocycles. The first-order valence-electron chi connectivity index (χ1n) is 5.58. The molecule has 84 valence electrons. The zero-order valence-corrected chi connectivity index (χ0v) is 9.19. The van der Waals surface area contributed by atoms with Crippen molar-refractivity contribution in [1.82, 2.24) is 14.9 Å². The van der Waals surface area contributed by atoms with Gasteiger partial charge in [-0.05, 0) is 32.0 Å². The molecule has 0 bridgehead atoms. The maximum atomic E-state index is 8.68. The minimum atomic E-state index is 0.402. The summed E-state index contributed by atoms with van der Waals surface area (Å²) in [5, 5.41) is 11.8. The van der Waals surface area contributed by atoms with Gasteiger partial charge < -0.3 is 10.2 Å². The van der Waals surface area contributed by atoms with Gasteiger partial charge >= 0.3 is 0 Å². The van der Waals surface area contributed by atoms with E-state index in [1.165, 1.54) is 25.9 Å². The monoisotopic (exact) mass is 217 g/mol. The predicted octanol–water partition coefficient (Wildman–Crippen LogP) is 0.856. The summed E-state index contributed by atoms with van der Waals surface area (Å²) in [6.45, 7) is 4.23. The third kappa shape index (κ3) is 2.91. The second-order valence-corrected chi connectivity index (χ2v) is 3.85. The highest BCUT2D eigenvalue weighted by atomic mass is 15.2. The highest BCUT2D eigenvalue weighted by Gasteiger charge is 2.10. The van der Waals surface area contributed by atoms with Crippen molar-refractivity contribution in [3.63, 3.8) is 0 Å². The topological polar surface area (TPSA) is 64.8 Å². The Morgan fingerprint density at radius 2 is 2.25 bits per heavy atom. The van der Waals surface area contributed by atoms with Crippen molar-refractivity contribution in [2.24, 2.45) is 0 Å². The van der Waals surface area contributed by atoms with Crippen molar-refractivity contribution in [3.8, 4) is 6.07 Å². The van der Waals surface area contributed by atoms with Crippen molar-refractivity contribution < 1.29 is 0 Å². The summed E-state index contributed by atoms with van der Waals surface area (Å²) in [4.78, 5) is 10.5. The van der Waals surface area contributed by atoms with Gasteiger partial charge in [-0.3, -0.25) is 0 Å². The molecule has 1 saturated heterocycles. The predicted molar refractivity (Wildman–Crippen MR) is 60.9 cm³/mol. The number of hydrogen-bond donors (Lipinski definition) is 1. The standard InChI is InChI=1S/C11H15N5/c12-9-10-3-4-13-11(15-10)14-5-8-16-6-1-2-7-16/h3-4H,1-2,5-8H2,(H,13,14,15). The van der Waals surface area contributed by atoms with E-state index in [0.29, 0.717) is 11.6 Å². The maximum absolute atomic E-state index is 8.68. The average molecular weight is 217 g/mol. The quantitative estimate of drug-likeness (QED) is 0.810. The Labute approximate surface area is 95.1 Å². The molecule has 0 atom stereocenters. The molecule has 16 heavy (non-hydrogen) atoms. The fraction of sp³-hybridized carbons (Fsp3) is 0.545. The van der Waals surface area contributed by atoms with Crippen LogP contribution in [0.5, 0.6) is 0 Å². The van der Waals surface area contributed by atoms with Gasteiger partial charge in [0.05, 0.1) is 0 Å². The Hall–Kier alpha value is -1.67. The number of aromatic nitrogens is 2. The van der Waals surface area contributed by atoms with Gasteiger partial charge in [-0.2, -0.15) is 5.26 Å². The lowest BCUT2D eigenvalue weighted by Gasteiger charge is -2.14. The average Bonchev–Trinajstić information content (AvgIpc) is 2.82. The summed E-state index contributed by atoms with van der Waals surface area (Å²) < 4.78 is 0. The van der Waals surface area contributed by atoms with E-state index in [0.717, 1.165) is 13.1 Å². The third-order valence-corrected chi connectivity index (χ3v) is 2.68. The van der Waals surface area contributed by atoms with Gasteiger partial charge in [0, 0.05) is 19.3 Å². The van der Waals surface area contributed by atoms with Crippen LogP contribution >= 0.6 is 0 Å². The van der Waals surface area contributed by atoms with Gasteiger partial charge in [0.15, 0.2) is 0 Å². The Bertz CT molecular complexity index is 378. The highest BCUT2D eigenvalue weighted by molar-refractivity contribution is 5.29. The Kier molecular flexibility index (Phi) is 3.67. The van der Waals surface area contributed by atoms with Crippen molar-refractivity contribution in [2.45, 2.75) is 12.8 Å². The molecule has 1 aromatic rings. The maximum Gasteiger partial charge on any atom is 0.223 e. The first kappa shape index (κ1) is 10.8. The van der Waals surface area contributed by atoms with Crippen LogP contribution in [0.3, 0.4) is 0 Å². The first-order valence-corrected chi connectivity index (χ1v) is 5.58. The number of nitrogens with one attached hydrogen (secondary N) is 1. The molecule has 0 unspecified atom stereocenters. The second-order valence-electron chi connectivity index (χ2n) is 3.85. The van der Waals surface area contributed by atoms with Crippen LogP contribution in [0.2, 0.25) is 0 Å². The Morgan fingerprint density at radius 3 is 3.00 bits per heavy atom. The lowest BCUT2D eigenvalue weighted by molar-refractivity contribution is 0.352. The van der Waals surface area contributed by atoms with Crippen LogP contribution in [0.4, 0.5) is 5.95 Å². The summed E-state index contributed by atoms with van der Waals surface area (Å²) >= 11 is 0. The van der Waals surface area contributed by atoms with Crippen LogP contribution in [0.25, 0.3) is 0 Å². The molecule has 5 nitrogen and oxygen atoms in total. The number of likely N-dealkylation sites (tertiary alicyclic amines) is 1. The normalized spacial score (nSPS) is 15.9. The lowest BCUT2D eigenvalue weighted by atomic mass is 10.4. The minimum Gasteiger partial charge on any atom is -0.353 e. The van der Waals surface area contributed by atoms with Gasteiger partial charge in [0.1, 0.15) is 11.8 Å². The van der Waals surface area contributed by atoms with Crippen LogP contribution in [0, 0.1) is 11.3 Å². The summed E-state index contributed by atoms with van der Waals surface area (Å²) in [6, 6.07) is 3.60. The molecule has 1 aromatic heterocycles. The lowest BCUT2D eigenvalue weighted by Crippen LogP contribution is -2.26. The van der Waals surface area contributed by atoms with E-state index >= 15 is 0 Å². The molecule has 0 aromatic carbocycles. The van der Waals surface area contributed by atoms with E-state index in [-0.39, 0.29) is 0 Å². The van der Waals surface area contributed by atoms with E-state index in [1.807, 2.05) is 6.07 Å². The van der Waals surface area contributed by atoms with Crippen LogP contribution in [0.15, 0.2) is 12.3 Å². The van der Waals surface area contributed by atoms with Crippen LogP contribution in [-0.2, 0) is 0 Å². The molecule has 0 saturated carbocycles. The van der Waals surface area contributed by atoms with Gasteiger partial charge in [-0.15, -0.1) is 0 Å². The van der Waals surface area contributed by atoms with E-state index < -0.39 is 0 Å². The van der Waals surface area contributed by atoms with E-state index in [9.17, 15) is 0 Å². The number of nitrogens with zero attached hydrogens (tertiary/aromatic N) is 4. The molecule has 0 aliphatic carbocycles. The van der Waals surface area contributed by atoms with Gasteiger partial charge in [0.25, 0.3) is 0 Å². The number of rotatable bonds is 4. The second kappa shape index (κ2) is 5.42. The van der Waals surface area contributed by atoms with Crippen LogP contribution in [-0.4, -0.2) is 41.0 Å². The van der Waals surface area contributed by atoms with Crippen molar-refractivity contribution in [1.29, 1.82) is 5.26 Å². The van der Waals surface area contributed by atoms with Crippen molar-refractivity contribution >= 4 is 5.95 Å². The molecular weight excluding hydrogens is 202 g/mol. The molecule has 0 amide bonds. The SMILES string of the molecule is N#Cc1ccnc(NCCN2CCCC2)n1. The van der Waals surface area contributed by atoms with Gasteiger partial charge in [0.2, 0.25) is 5.95 Å². The smallest absolute Gasteiger partial charge is 0.223 e. The van der Waals surface area contributed by atoms with E-state index in [4.69, 9.17) is 5.26 Å². The summed E-state index contributed by atoms with van der Waals surface area (Å²) in [5.41, 5.74) is 0.402. The molecule has 0 spiro atoms. The van der Waals surface area contributed by atoms with Crippen molar-refractivity contribution in [2.75, 3.05) is 31.5 Å². The van der Waals surface area contributed by atoms with Gasteiger partial charge in [-0.25, -0.2) is 9.97 Å². The zero-order chi connectivity index (χ0) is 11.2. The fourth-order valence-corrected chi connectivity index (χ4v) is 1.84. The Morgan fingerprint density at radius 1 is 1.44 bits per heavy atom. The molecular formula is C11H15N5. The number of anilines is 1. The van der Waals surface area contributed by atoms with E-state index in [1.54, 1.807) is 12.3 Å². The fourth-order valence-electron chi connectivity index (χ4n) is 1.84. The third-order valence-electron chi connectivity index (χ3n) is 2.68. The number of nitriles is 1. The molecule has 0 radical (unpaired) electrons. The van der Waals surface area contributed by atoms with Crippen LogP contribution in [0.1, 0.15) is 18.5 Å². The molecule has 1 N–H and O–H groups in total. The molecule has 1 fully saturated rings. The van der Waals surface area contributed by atoms with Crippen LogP contribution < -0.4 is 5.32 Å². The molecule has 1 aliphatic rings. The molecule has 1 aliphatic heterocycles. The zero-order valence-electron chi connectivity index (χ0n) is 9.19.